The molecule has 190 valence electrons. The number of thiophene rings is 2. The zero-order valence-corrected chi connectivity index (χ0v) is 21.9. The van der Waals surface area contributed by atoms with Gasteiger partial charge < -0.3 is 19.5 Å². The van der Waals surface area contributed by atoms with Gasteiger partial charge in [-0.25, -0.2) is 4.79 Å². The Morgan fingerprint density at radius 2 is 1.81 bits per heavy atom. The van der Waals surface area contributed by atoms with E-state index in [0.29, 0.717) is 33.9 Å². The second-order valence-electron chi connectivity index (χ2n) is 9.71. The monoisotopic (exact) mass is 525 g/mol. The van der Waals surface area contributed by atoms with Gasteiger partial charge in [0.2, 0.25) is 5.60 Å². The Bertz CT molecular complexity index is 1110. The summed E-state index contributed by atoms with van der Waals surface area (Å²) in [5.41, 5.74) is -1.12. The molecule has 8 heteroatoms. The molecule has 0 aliphatic heterocycles. The topological polar surface area (TPSA) is 76.1 Å². The number of rotatable bonds is 11. The number of hydrogen-bond donors (Lipinski definition) is 1. The second kappa shape index (κ2) is 10.8. The van der Waals surface area contributed by atoms with Gasteiger partial charge in [-0.1, -0.05) is 12.1 Å². The van der Waals surface area contributed by atoms with Gasteiger partial charge in [0.1, 0.15) is 18.1 Å². The number of esters is 1. The molecule has 4 atom stereocenters. The van der Waals surface area contributed by atoms with E-state index in [1.165, 1.54) is 22.7 Å². The number of fused-ring (bicyclic) bond motifs is 2. The minimum absolute atomic E-state index is 0.163. The van der Waals surface area contributed by atoms with Crippen molar-refractivity contribution < 1.29 is 24.2 Å². The van der Waals surface area contributed by atoms with Crippen molar-refractivity contribution in [1.29, 1.82) is 0 Å². The van der Waals surface area contributed by atoms with Crippen LogP contribution in [0.1, 0.15) is 45.8 Å². The van der Waals surface area contributed by atoms with Crippen LogP contribution < -0.4 is 4.74 Å². The standard InChI is InChI=1S/C28H31NO5S2/c1-29(13-4-14-33-21-10-7-19(18-30)8-11-21)23-17-20-9-12-22(23)26(20)34-27(31)28(32,24-5-2-15-35-24)25-6-3-16-36-25/h2-3,5-8,10-11,15-16,18,20,22-23,26,32H,4,9,12-14,17H2,1H3. The smallest absolute Gasteiger partial charge is 0.349 e. The van der Waals surface area contributed by atoms with E-state index in [-0.39, 0.29) is 12.0 Å². The summed E-state index contributed by atoms with van der Waals surface area (Å²) in [6.07, 6.45) is 4.63. The zero-order chi connectivity index (χ0) is 25.1. The van der Waals surface area contributed by atoms with Gasteiger partial charge in [-0.15, -0.1) is 22.7 Å². The molecule has 2 aromatic heterocycles. The highest BCUT2D eigenvalue weighted by Gasteiger charge is 2.54. The number of benzene rings is 1. The third kappa shape index (κ3) is 4.87. The molecule has 0 saturated heterocycles. The highest BCUT2D eigenvalue weighted by molar-refractivity contribution is 7.12. The highest BCUT2D eigenvalue weighted by Crippen LogP contribution is 2.49. The lowest BCUT2D eigenvalue weighted by Gasteiger charge is -2.32. The fourth-order valence-corrected chi connectivity index (χ4v) is 7.45. The summed E-state index contributed by atoms with van der Waals surface area (Å²) >= 11 is 2.74. The molecule has 2 aliphatic carbocycles. The summed E-state index contributed by atoms with van der Waals surface area (Å²) in [6.45, 7) is 1.48. The summed E-state index contributed by atoms with van der Waals surface area (Å²) in [5.74, 6) is 0.803. The van der Waals surface area contributed by atoms with Crippen LogP contribution in [0.2, 0.25) is 0 Å². The first-order chi connectivity index (χ1) is 17.5. The van der Waals surface area contributed by atoms with Gasteiger partial charge in [0, 0.05) is 24.1 Å². The van der Waals surface area contributed by atoms with Gasteiger partial charge >= 0.3 is 5.97 Å². The average Bonchev–Trinajstić information content (AvgIpc) is 3.72. The molecule has 2 fully saturated rings. The van der Waals surface area contributed by atoms with Crippen LogP contribution in [0.3, 0.4) is 0 Å². The third-order valence-corrected chi connectivity index (χ3v) is 9.55. The molecule has 36 heavy (non-hydrogen) atoms. The molecule has 4 unspecified atom stereocenters. The van der Waals surface area contributed by atoms with E-state index < -0.39 is 11.6 Å². The first kappa shape index (κ1) is 25.1. The van der Waals surface area contributed by atoms with Crippen LogP contribution in [-0.2, 0) is 15.1 Å². The Kier molecular flexibility index (Phi) is 7.57. The summed E-state index contributed by atoms with van der Waals surface area (Å²) in [6, 6.07) is 14.8. The van der Waals surface area contributed by atoms with E-state index >= 15 is 0 Å². The SMILES string of the molecule is CN(CCCOc1ccc(C=O)cc1)C1CC2CCC1C2OC(=O)C(O)(c1cccs1)c1cccs1. The molecule has 1 N–H and O–H groups in total. The Balaban J connectivity index is 1.17. The van der Waals surface area contributed by atoms with Crippen molar-refractivity contribution in [3.8, 4) is 5.75 Å². The van der Waals surface area contributed by atoms with Crippen LogP contribution in [0, 0.1) is 11.8 Å². The van der Waals surface area contributed by atoms with E-state index in [1.807, 2.05) is 35.0 Å². The molecule has 3 aromatic rings. The van der Waals surface area contributed by atoms with Gasteiger partial charge in [0.05, 0.1) is 16.4 Å². The zero-order valence-electron chi connectivity index (χ0n) is 20.2. The van der Waals surface area contributed by atoms with Crippen LogP contribution in [0.4, 0.5) is 0 Å². The van der Waals surface area contributed by atoms with Gasteiger partial charge in [0.25, 0.3) is 0 Å². The van der Waals surface area contributed by atoms with E-state index in [0.717, 1.165) is 44.3 Å². The molecule has 0 amide bonds. The fraction of sp³-hybridized carbons (Fsp3) is 0.429. The van der Waals surface area contributed by atoms with Crippen LogP contribution in [0.15, 0.2) is 59.3 Å². The summed E-state index contributed by atoms with van der Waals surface area (Å²) in [4.78, 5) is 27.8. The first-order valence-corrected chi connectivity index (χ1v) is 14.2. The van der Waals surface area contributed by atoms with Crippen molar-refractivity contribution in [3.63, 3.8) is 0 Å². The summed E-state index contributed by atoms with van der Waals surface area (Å²) in [5, 5.41) is 15.3. The normalized spacial score (nSPS) is 23.2. The molecule has 2 heterocycles. The van der Waals surface area contributed by atoms with E-state index in [4.69, 9.17) is 9.47 Å². The lowest BCUT2D eigenvalue weighted by Crippen LogP contribution is -2.42. The minimum Gasteiger partial charge on any atom is -0.494 e. The van der Waals surface area contributed by atoms with Crippen LogP contribution >= 0.6 is 22.7 Å². The number of hydrogen-bond acceptors (Lipinski definition) is 8. The number of ether oxygens (including phenoxy) is 2. The van der Waals surface area contributed by atoms with Crippen molar-refractivity contribution in [2.45, 2.75) is 43.4 Å². The molecule has 6 nitrogen and oxygen atoms in total. The lowest BCUT2D eigenvalue weighted by atomic mass is 9.94. The van der Waals surface area contributed by atoms with E-state index in [9.17, 15) is 14.7 Å². The van der Waals surface area contributed by atoms with Gasteiger partial charge in [-0.3, -0.25) is 4.79 Å². The Hall–Kier alpha value is -2.52. The highest BCUT2D eigenvalue weighted by atomic mass is 32.1. The number of nitrogens with zero attached hydrogens (tertiary/aromatic N) is 1. The third-order valence-electron chi connectivity index (χ3n) is 7.60. The predicted octanol–water partition coefficient (Wildman–Crippen LogP) is 4.97. The molecule has 0 radical (unpaired) electrons. The molecule has 5 rings (SSSR count). The maximum atomic E-state index is 13.5. The van der Waals surface area contributed by atoms with Gasteiger partial charge in [-0.2, -0.15) is 0 Å². The van der Waals surface area contributed by atoms with E-state index in [1.54, 1.807) is 24.3 Å². The second-order valence-corrected chi connectivity index (χ2v) is 11.6. The summed E-state index contributed by atoms with van der Waals surface area (Å²) < 4.78 is 12.0. The molecule has 0 spiro atoms. The molecule has 1 aromatic carbocycles. The molecular formula is C28H31NO5S2. The Morgan fingerprint density at radius 3 is 2.42 bits per heavy atom. The first-order valence-electron chi connectivity index (χ1n) is 12.4. The van der Waals surface area contributed by atoms with Crippen LogP contribution in [0.5, 0.6) is 5.75 Å². The largest absolute Gasteiger partial charge is 0.494 e. The Morgan fingerprint density at radius 1 is 1.11 bits per heavy atom. The van der Waals surface area contributed by atoms with E-state index in [2.05, 4.69) is 11.9 Å². The number of carbonyl (C=O) groups excluding carboxylic acids is 2. The van der Waals surface area contributed by atoms with Crippen molar-refractivity contribution >= 4 is 34.9 Å². The van der Waals surface area contributed by atoms with Crippen molar-refractivity contribution in [2.75, 3.05) is 20.2 Å². The van der Waals surface area contributed by atoms with Crippen LogP contribution in [-0.4, -0.2) is 54.6 Å². The van der Waals surface area contributed by atoms with Crippen molar-refractivity contribution in [1.82, 2.24) is 4.90 Å². The lowest BCUT2D eigenvalue weighted by molar-refractivity contribution is -0.170. The van der Waals surface area contributed by atoms with Crippen molar-refractivity contribution in [3.05, 3.63) is 74.6 Å². The maximum absolute atomic E-state index is 13.5. The minimum atomic E-state index is -1.76. The molecular weight excluding hydrogens is 494 g/mol. The predicted molar refractivity (Wildman–Crippen MR) is 141 cm³/mol. The molecule has 2 bridgehead atoms. The molecule has 2 saturated carbocycles. The maximum Gasteiger partial charge on any atom is 0.349 e. The average molecular weight is 526 g/mol. The van der Waals surface area contributed by atoms with Gasteiger partial charge in [0.15, 0.2) is 0 Å². The summed E-state index contributed by atoms with van der Waals surface area (Å²) in [7, 11) is 2.14. The fourth-order valence-electron chi connectivity index (χ4n) is 5.74. The number of aliphatic hydroxyl groups is 1. The number of aldehydes is 1. The van der Waals surface area contributed by atoms with Gasteiger partial charge in [-0.05, 0) is 85.8 Å². The quantitative estimate of drug-likeness (QED) is 0.216. The molecule has 2 aliphatic rings. The van der Waals surface area contributed by atoms with Crippen LogP contribution in [0.25, 0.3) is 0 Å². The van der Waals surface area contributed by atoms with Crippen molar-refractivity contribution in [2.24, 2.45) is 11.8 Å². The number of carbonyl (C=O) groups is 2. The Labute approximate surface area is 219 Å².